The molecule has 0 aliphatic carbocycles. The van der Waals surface area contributed by atoms with E-state index in [0.717, 1.165) is 19.7 Å². The number of esters is 1. The summed E-state index contributed by atoms with van der Waals surface area (Å²) in [6.45, 7) is 2.80. The van der Waals surface area contributed by atoms with Crippen LogP contribution in [0.4, 0.5) is 0 Å². The van der Waals surface area contributed by atoms with Crippen LogP contribution in [0, 0.1) is 0 Å². The van der Waals surface area contributed by atoms with Crippen molar-refractivity contribution in [3.8, 4) is 0 Å². The Hall–Kier alpha value is -0.910. The summed E-state index contributed by atoms with van der Waals surface area (Å²) < 4.78 is 9.96. The molecule has 0 saturated carbocycles. The van der Waals surface area contributed by atoms with Crippen molar-refractivity contribution in [3.63, 3.8) is 0 Å². The Morgan fingerprint density at radius 3 is 3.06 bits per heavy atom. The Labute approximate surface area is 111 Å². The maximum Gasteiger partial charge on any atom is 0.348 e. The Balaban J connectivity index is 1.96. The molecule has 18 heavy (non-hydrogen) atoms. The molecule has 1 aliphatic heterocycles. The molecule has 0 amide bonds. The maximum atomic E-state index is 11.4. The minimum Gasteiger partial charge on any atom is -0.465 e. The first-order valence-electron chi connectivity index (χ1n) is 6.14. The molecule has 5 heteroatoms. The van der Waals surface area contributed by atoms with E-state index < -0.39 is 0 Å². The number of methoxy groups -OCH3 is 2. The van der Waals surface area contributed by atoms with Crippen LogP contribution >= 0.6 is 11.3 Å². The highest BCUT2D eigenvalue weighted by Crippen LogP contribution is 2.24. The lowest BCUT2D eigenvalue weighted by Crippen LogP contribution is -2.32. The molecule has 0 radical (unpaired) electrons. The van der Waals surface area contributed by atoms with Crippen molar-refractivity contribution < 1.29 is 14.3 Å². The molecule has 0 N–H and O–H groups in total. The SMILES string of the molecule is COC[C@H]1CCCN1Cc1ccc(C(=O)OC)s1. The third-order valence-electron chi connectivity index (χ3n) is 3.27. The van der Waals surface area contributed by atoms with Crippen molar-refractivity contribution in [2.24, 2.45) is 0 Å². The number of rotatable bonds is 5. The Morgan fingerprint density at radius 1 is 1.50 bits per heavy atom. The highest BCUT2D eigenvalue weighted by atomic mass is 32.1. The van der Waals surface area contributed by atoms with E-state index in [1.807, 2.05) is 12.1 Å². The molecule has 100 valence electrons. The Kier molecular flexibility index (Phi) is 4.74. The van der Waals surface area contributed by atoms with Crippen LogP contribution in [-0.4, -0.2) is 44.3 Å². The van der Waals surface area contributed by atoms with Crippen molar-refractivity contribution in [1.29, 1.82) is 0 Å². The molecular weight excluding hydrogens is 250 g/mol. The first-order chi connectivity index (χ1) is 8.74. The summed E-state index contributed by atoms with van der Waals surface area (Å²) in [7, 11) is 3.16. The third-order valence-corrected chi connectivity index (χ3v) is 4.32. The number of carbonyl (C=O) groups excluding carboxylic acids is 1. The van der Waals surface area contributed by atoms with Gasteiger partial charge in [-0.25, -0.2) is 4.79 Å². The molecule has 1 fully saturated rings. The number of hydrogen-bond acceptors (Lipinski definition) is 5. The van der Waals surface area contributed by atoms with E-state index in [1.54, 1.807) is 7.11 Å². The summed E-state index contributed by atoms with van der Waals surface area (Å²) in [5, 5.41) is 0. The number of ether oxygens (including phenoxy) is 2. The second kappa shape index (κ2) is 6.31. The molecule has 2 heterocycles. The summed E-state index contributed by atoms with van der Waals surface area (Å²) in [5.74, 6) is -0.249. The number of likely N-dealkylation sites (tertiary alicyclic amines) is 1. The van der Waals surface area contributed by atoms with Crippen molar-refractivity contribution >= 4 is 17.3 Å². The topological polar surface area (TPSA) is 38.8 Å². The lowest BCUT2D eigenvalue weighted by atomic mass is 10.2. The third kappa shape index (κ3) is 3.10. The maximum absolute atomic E-state index is 11.4. The van der Waals surface area contributed by atoms with Crippen LogP contribution in [0.15, 0.2) is 12.1 Å². The van der Waals surface area contributed by atoms with Gasteiger partial charge in [-0.1, -0.05) is 0 Å². The van der Waals surface area contributed by atoms with E-state index in [4.69, 9.17) is 9.47 Å². The summed E-state index contributed by atoms with van der Waals surface area (Å²) in [5.41, 5.74) is 0. The molecular formula is C13H19NO3S. The van der Waals surface area contributed by atoms with E-state index in [1.165, 1.54) is 36.2 Å². The zero-order chi connectivity index (χ0) is 13.0. The van der Waals surface area contributed by atoms with Gasteiger partial charge in [0.15, 0.2) is 0 Å². The van der Waals surface area contributed by atoms with Crippen LogP contribution in [0.1, 0.15) is 27.4 Å². The van der Waals surface area contributed by atoms with Crippen LogP contribution in [0.3, 0.4) is 0 Å². The number of carbonyl (C=O) groups is 1. The molecule has 1 saturated heterocycles. The van der Waals surface area contributed by atoms with Crippen molar-refractivity contribution in [2.45, 2.75) is 25.4 Å². The highest BCUT2D eigenvalue weighted by molar-refractivity contribution is 7.13. The largest absolute Gasteiger partial charge is 0.465 e. The van der Waals surface area contributed by atoms with Crippen molar-refractivity contribution in [2.75, 3.05) is 27.4 Å². The summed E-state index contributed by atoms with van der Waals surface area (Å²) in [6.07, 6.45) is 2.42. The van der Waals surface area contributed by atoms with Crippen molar-refractivity contribution in [1.82, 2.24) is 4.90 Å². The van der Waals surface area contributed by atoms with Crippen LogP contribution in [0.2, 0.25) is 0 Å². The van der Waals surface area contributed by atoms with Crippen LogP contribution in [0.5, 0.6) is 0 Å². The standard InChI is InChI=1S/C13H19NO3S/c1-16-9-10-4-3-7-14(10)8-11-5-6-12(18-11)13(15)17-2/h5-6,10H,3-4,7-9H2,1-2H3/t10-/m1/s1. The quantitative estimate of drug-likeness (QED) is 0.768. The molecule has 1 aromatic heterocycles. The minimum atomic E-state index is -0.249. The zero-order valence-electron chi connectivity index (χ0n) is 10.8. The van der Waals surface area contributed by atoms with Gasteiger partial charge in [-0.15, -0.1) is 11.3 Å². The summed E-state index contributed by atoms with van der Waals surface area (Å²) >= 11 is 1.52. The van der Waals surface area contributed by atoms with Gasteiger partial charge >= 0.3 is 5.97 Å². The van der Waals surface area contributed by atoms with Crippen molar-refractivity contribution in [3.05, 3.63) is 21.9 Å². The fourth-order valence-electron chi connectivity index (χ4n) is 2.36. The molecule has 0 spiro atoms. The second-order valence-corrected chi connectivity index (χ2v) is 5.65. The molecule has 2 rings (SSSR count). The molecule has 1 aromatic rings. The van der Waals surface area contributed by atoms with Gasteiger partial charge in [0.1, 0.15) is 4.88 Å². The van der Waals surface area contributed by atoms with E-state index in [-0.39, 0.29) is 5.97 Å². The number of thiophene rings is 1. The van der Waals surface area contributed by atoms with E-state index in [2.05, 4.69) is 4.90 Å². The Bertz CT molecular complexity index is 405. The first kappa shape index (κ1) is 13.5. The van der Waals surface area contributed by atoms with Crippen LogP contribution in [0.25, 0.3) is 0 Å². The highest BCUT2D eigenvalue weighted by Gasteiger charge is 2.24. The van der Waals surface area contributed by atoms with Gasteiger partial charge in [-0.2, -0.15) is 0 Å². The van der Waals surface area contributed by atoms with E-state index >= 15 is 0 Å². The van der Waals surface area contributed by atoms with Crippen LogP contribution < -0.4 is 0 Å². The Morgan fingerprint density at radius 2 is 2.33 bits per heavy atom. The van der Waals surface area contributed by atoms with Gasteiger partial charge in [-0.05, 0) is 31.5 Å². The first-order valence-corrected chi connectivity index (χ1v) is 6.96. The number of nitrogens with zero attached hydrogens (tertiary/aromatic N) is 1. The smallest absolute Gasteiger partial charge is 0.348 e. The lowest BCUT2D eigenvalue weighted by molar-refractivity contribution is 0.0606. The summed E-state index contributed by atoms with van der Waals surface area (Å²) in [6, 6.07) is 4.37. The molecule has 4 nitrogen and oxygen atoms in total. The average Bonchev–Trinajstić information content (AvgIpc) is 3.00. The normalized spacial score (nSPS) is 20.2. The minimum absolute atomic E-state index is 0.249. The van der Waals surface area contributed by atoms with Gasteiger partial charge < -0.3 is 9.47 Å². The molecule has 0 unspecified atom stereocenters. The lowest BCUT2D eigenvalue weighted by Gasteiger charge is -2.22. The second-order valence-electron chi connectivity index (χ2n) is 4.48. The van der Waals surface area contributed by atoms with Gasteiger partial charge in [0.2, 0.25) is 0 Å². The number of hydrogen-bond donors (Lipinski definition) is 0. The molecule has 0 aromatic carbocycles. The fraction of sp³-hybridized carbons (Fsp3) is 0.615. The summed E-state index contributed by atoms with van der Waals surface area (Å²) in [4.78, 5) is 15.7. The van der Waals surface area contributed by atoms with Gasteiger partial charge in [0.05, 0.1) is 13.7 Å². The fourth-order valence-corrected chi connectivity index (χ4v) is 3.31. The predicted molar refractivity (Wildman–Crippen MR) is 71.0 cm³/mol. The zero-order valence-corrected chi connectivity index (χ0v) is 11.7. The molecule has 0 bridgehead atoms. The van der Waals surface area contributed by atoms with Gasteiger partial charge in [0.25, 0.3) is 0 Å². The van der Waals surface area contributed by atoms with Crippen LogP contribution in [-0.2, 0) is 16.0 Å². The van der Waals surface area contributed by atoms with Gasteiger partial charge in [-0.3, -0.25) is 4.90 Å². The molecule has 1 atom stereocenters. The van der Waals surface area contributed by atoms with E-state index in [9.17, 15) is 4.79 Å². The predicted octanol–water partition coefficient (Wildman–Crippen LogP) is 2.15. The van der Waals surface area contributed by atoms with E-state index in [0.29, 0.717) is 10.9 Å². The molecule has 1 aliphatic rings. The van der Waals surface area contributed by atoms with Gasteiger partial charge in [0, 0.05) is 24.6 Å². The monoisotopic (exact) mass is 269 g/mol. The average molecular weight is 269 g/mol.